The maximum absolute atomic E-state index is 5.33. The fourth-order valence-corrected chi connectivity index (χ4v) is 3.24. The molecule has 0 fully saturated rings. The molecule has 0 radical (unpaired) electrons. The summed E-state index contributed by atoms with van der Waals surface area (Å²) < 4.78 is 5.33. The Bertz CT molecular complexity index is 394. The number of hydrogen-bond donors (Lipinski definition) is 1. The topological polar surface area (TPSA) is 21.3 Å². The van der Waals surface area contributed by atoms with Gasteiger partial charge in [0, 0.05) is 6.04 Å². The van der Waals surface area contributed by atoms with E-state index in [4.69, 9.17) is 4.74 Å². The predicted octanol–water partition coefficient (Wildman–Crippen LogP) is 3.81. The summed E-state index contributed by atoms with van der Waals surface area (Å²) in [7, 11) is 1.74. The van der Waals surface area contributed by atoms with Crippen molar-refractivity contribution in [2.24, 2.45) is 0 Å². The highest BCUT2D eigenvalue weighted by molar-refractivity contribution is 7.98. The summed E-state index contributed by atoms with van der Waals surface area (Å²) in [6.45, 7) is 1.13. The molecule has 0 amide bonds. The van der Waals surface area contributed by atoms with Gasteiger partial charge >= 0.3 is 0 Å². The number of benzene rings is 1. The van der Waals surface area contributed by atoms with Crippen molar-refractivity contribution in [1.29, 1.82) is 0 Å². The fraction of sp³-hybridized carbons (Fsp3) is 0.625. The molecule has 1 unspecified atom stereocenters. The minimum atomic E-state index is 0.533. The fourth-order valence-electron chi connectivity index (χ4n) is 2.74. The molecule has 1 atom stereocenters. The quantitative estimate of drug-likeness (QED) is 0.731. The molecule has 0 aliphatic heterocycles. The predicted molar refractivity (Wildman–Crippen MR) is 84.3 cm³/mol. The number of nitrogens with one attached hydrogen (secondary N) is 1. The van der Waals surface area contributed by atoms with Crippen LogP contribution in [0.2, 0.25) is 0 Å². The van der Waals surface area contributed by atoms with E-state index in [1.54, 1.807) is 7.11 Å². The van der Waals surface area contributed by atoms with Crippen LogP contribution < -0.4 is 10.1 Å². The van der Waals surface area contributed by atoms with E-state index in [-0.39, 0.29) is 0 Å². The van der Waals surface area contributed by atoms with Crippen molar-refractivity contribution in [2.75, 3.05) is 25.7 Å². The molecule has 19 heavy (non-hydrogen) atoms. The number of methoxy groups -OCH3 is 1. The second-order valence-corrected chi connectivity index (χ2v) is 6.15. The second kappa shape index (κ2) is 7.81. The Morgan fingerprint density at radius 2 is 2.21 bits per heavy atom. The SMILES string of the molecule is COc1ccc2c(c1)C(NCCCCCSC)CC2. The summed E-state index contributed by atoms with van der Waals surface area (Å²) in [5.74, 6) is 2.27. The van der Waals surface area contributed by atoms with E-state index < -0.39 is 0 Å². The maximum atomic E-state index is 5.33. The first kappa shape index (κ1) is 14.7. The number of unbranched alkanes of at least 4 members (excludes halogenated alkanes) is 2. The van der Waals surface area contributed by atoms with E-state index in [9.17, 15) is 0 Å². The Kier molecular flexibility index (Phi) is 6.05. The molecule has 2 nitrogen and oxygen atoms in total. The van der Waals surface area contributed by atoms with Gasteiger partial charge < -0.3 is 10.1 Å². The summed E-state index contributed by atoms with van der Waals surface area (Å²) in [5.41, 5.74) is 2.93. The van der Waals surface area contributed by atoms with E-state index in [0.29, 0.717) is 6.04 Å². The molecule has 0 saturated heterocycles. The van der Waals surface area contributed by atoms with Crippen LogP contribution in [0.4, 0.5) is 0 Å². The molecule has 0 aromatic heterocycles. The molecule has 1 aliphatic carbocycles. The standard InChI is InChI=1S/C16H25NOS/c1-18-14-8-6-13-7-9-16(15(13)12-14)17-10-4-3-5-11-19-2/h6,8,12,16-17H,3-5,7,9-11H2,1-2H3. The third-order valence-electron chi connectivity index (χ3n) is 3.85. The minimum Gasteiger partial charge on any atom is -0.497 e. The minimum absolute atomic E-state index is 0.533. The van der Waals surface area contributed by atoms with Crippen LogP contribution in [-0.4, -0.2) is 25.7 Å². The van der Waals surface area contributed by atoms with Crippen molar-refractivity contribution in [1.82, 2.24) is 5.32 Å². The first-order valence-corrected chi connectivity index (χ1v) is 8.63. The number of ether oxygens (including phenoxy) is 1. The average molecular weight is 279 g/mol. The highest BCUT2D eigenvalue weighted by Crippen LogP contribution is 2.33. The monoisotopic (exact) mass is 279 g/mol. The zero-order valence-electron chi connectivity index (χ0n) is 12.1. The van der Waals surface area contributed by atoms with Gasteiger partial charge in [0.15, 0.2) is 0 Å². The number of fused-ring (bicyclic) bond motifs is 1. The molecule has 0 bridgehead atoms. The Morgan fingerprint density at radius 1 is 1.32 bits per heavy atom. The molecule has 106 valence electrons. The van der Waals surface area contributed by atoms with Crippen LogP contribution in [0.25, 0.3) is 0 Å². The van der Waals surface area contributed by atoms with Gasteiger partial charge in [-0.15, -0.1) is 0 Å². The van der Waals surface area contributed by atoms with Crippen LogP contribution in [0.5, 0.6) is 5.75 Å². The zero-order valence-corrected chi connectivity index (χ0v) is 12.9. The van der Waals surface area contributed by atoms with Crippen LogP contribution >= 0.6 is 11.8 Å². The van der Waals surface area contributed by atoms with Gasteiger partial charge in [0.1, 0.15) is 5.75 Å². The van der Waals surface area contributed by atoms with Gasteiger partial charge in [-0.2, -0.15) is 11.8 Å². The van der Waals surface area contributed by atoms with Gasteiger partial charge in [-0.25, -0.2) is 0 Å². The smallest absolute Gasteiger partial charge is 0.119 e. The summed E-state index contributed by atoms with van der Waals surface area (Å²) in [5, 5.41) is 3.70. The largest absolute Gasteiger partial charge is 0.497 e. The van der Waals surface area contributed by atoms with Crippen LogP contribution in [0.3, 0.4) is 0 Å². The van der Waals surface area contributed by atoms with E-state index in [1.807, 2.05) is 11.8 Å². The van der Waals surface area contributed by atoms with Gasteiger partial charge in [0.2, 0.25) is 0 Å². The lowest BCUT2D eigenvalue weighted by Crippen LogP contribution is -2.20. The maximum Gasteiger partial charge on any atom is 0.119 e. The van der Waals surface area contributed by atoms with Crippen LogP contribution in [0.1, 0.15) is 42.9 Å². The van der Waals surface area contributed by atoms with Gasteiger partial charge in [0.25, 0.3) is 0 Å². The van der Waals surface area contributed by atoms with E-state index in [1.165, 1.54) is 49.0 Å². The van der Waals surface area contributed by atoms with Crippen molar-refractivity contribution in [3.63, 3.8) is 0 Å². The molecule has 0 saturated carbocycles. The first-order chi connectivity index (χ1) is 9.35. The third kappa shape index (κ3) is 4.15. The summed E-state index contributed by atoms with van der Waals surface area (Å²) >= 11 is 1.95. The molecule has 0 heterocycles. The normalized spacial score (nSPS) is 17.5. The number of aryl methyl sites for hydroxylation is 1. The molecule has 1 N–H and O–H groups in total. The van der Waals surface area contributed by atoms with Gasteiger partial charge in [0.05, 0.1) is 7.11 Å². The molecule has 2 rings (SSSR count). The summed E-state index contributed by atoms with van der Waals surface area (Å²) in [6, 6.07) is 7.02. The molecule has 0 spiro atoms. The highest BCUT2D eigenvalue weighted by Gasteiger charge is 2.22. The van der Waals surface area contributed by atoms with Crippen molar-refractivity contribution >= 4 is 11.8 Å². The van der Waals surface area contributed by atoms with E-state index in [0.717, 1.165) is 12.3 Å². The van der Waals surface area contributed by atoms with Gasteiger partial charge in [-0.05, 0) is 67.5 Å². The van der Waals surface area contributed by atoms with Crippen LogP contribution in [0, 0.1) is 0 Å². The average Bonchev–Trinajstić information content (AvgIpc) is 2.85. The lowest BCUT2D eigenvalue weighted by atomic mass is 10.1. The Balaban J connectivity index is 1.78. The molecule has 1 aromatic carbocycles. The van der Waals surface area contributed by atoms with Crippen molar-refractivity contribution < 1.29 is 4.74 Å². The van der Waals surface area contributed by atoms with Gasteiger partial charge in [-0.3, -0.25) is 0 Å². The Morgan fingerprint density at radius 3 is 3.00 bits per heavy atom. The van der Waals surface area contributed by atoms with Crippen molar-refractivity contribution in [2.45, 2.75) is 38.1 Å². The Hall–Kier alpha value is -0.670. The van der Waals surface area contributed by atoms with Crippen LogP contribution in [-0.2, 0) is 6.42 Å². The number of hydrogen-bond acceptors (Lipinski definition) is 3. The second-order valence-electron chi connectivity index (χ2n) is 5.16. The first-order valence-electron chi connectivity index (χ1n) is 7.24. The number of rotatable bonds is 8. The molecular weight excluding hydrogens is 254 g/mol. The number of thioether (sulfide) groups is 1. The molecular formula is C16H25NOS. The lowest BCUT2D eigenvalue weighted by molar-refractivity contribution is 0.413. The molecule has 3 heteroatoms. The van der Waals surface area contributed by atoms with E-state index >= 15 is 0 Å². The zero-order chi connectivity index (χ0) is 13.5. The van der Waals surface area contributed by atoms with Gasteiger partial charge in [-0.1, -0.05) is 12.5 Å². The third-order valence-corrected chi connectivity index (χ3v) is 4.54. The molecule has 1 aliphatic rings. The van der Waals surface area contributed by atoms with E-state index in [2.05, 4.69) is 29.8 Å². The van der Waals surface area contributed by atoms with Crippen LogP contribution in [0.15, 0.2) is 18.2 Å². The van der Waals surface area contributed by atoms with Crippen molar-refractivity contribution in [3.8, 4) is 5.75 Å². The highest BCUT2D eigenvalue weighted by atomic mass is 32.2. The lowest BCUT2D eigenvalue weighted by Gasteiger charge is -2.14. The van der Waals surface area contributed by atoms with Crippen molar-refractivity contribution in [3.05, 3.63) is 29.3 Å². The molecule has 1 aromatic rings. The summed E-state index contributed by atoms with van der Waals surface area (Å²) in [4.78, 5) is 0. The Labute approximate surface area is 121 Å². The summed E-state index contributed by atoms with van der Waals surface area (Å²) in [6.07, 6.45) is 8.58.